The summed E-state index contributed by atoms with van der Waals surface area (Å²) in [6.45, 7) is 7.11. The molecule has 2 aromatic carbocycles. The van der Waals surface area contributed by atoms with Gasteiger partial charge in [0.05, 0.1) is 14.2 Å². The van der Waals surface area contributed by atoms with E-state index in [1.54, 1.807) is 26.4 Å². The van der Waals surface area contributed by atoms with Gasteiger partial charge in [-0.3, -0.25) is 9.69 Å². The fraction of sp³-hybridized carbons (Fsp3) is 0.409. The normalized spacial score (nSPS) is 15.3. The standard InChI is InChI=1S/C22H29N3O3/c1-16-20(27-3)13-18(14-21(16)28-4)22(26)23-19-7-5-6-17(12-19)15-25-10-8-24(2)9-11-25/h5-7,12-14H,8-11,15H2,1-4H3,(H,23,26). The van der Waals surface area contributed by atoms with Crippen LogP contribution in [0.3, 0.4) is 0 Å². The van der Waals surface area contributed by atoms with Crippen molar-refractivity contribution in [1.82, 2.24) is 9.80 Å². The van der Waals surface area contributed by atoms with E-state index in [0.29, 0.717) is 17.1 Å². The van der Waals surface area contributed by atoms with E-state index in [1.807, 2.05) is 25.1 Å². The van der Waals surface area contributed by atoms with Crippen LogP contribution in [0.2, 0.25) is 0 Å². The van der Waals surface area contributed by atoms with Gasteiger partial charge in [-0.15, -0.1) is 0 Å². The van der Waals surface area contributed by atoms with E-state index in [1.165, 1.54) is 5.56 Å². The van der Waals surface area contributed by atoms with Gasteiger partial charge in [-0.1, -0.05) is 12.1 Å². The van der Waals surface area contributed by atoms with Crippen molar-refractivity contribution in [1.29, 1.82) is 0 Å². The summed E-state index contributed by atoms with van der Waals surface area (Å²) in [7, 11) is 5.33. The Labute approximate surface area is 167 Å². The number of carbonyl (C=O) groups excluding carboxylic acids is 1. The first-order chi connectivity index (χ1) is 13.5. The van der Waals surface area contributed by atoms with E-state index >= 15 is 0 Å². The third-order valence-corrected chi connectivity index (χ3v) is 5.20. The summed E-state index contributed by atoms with van der Waals surface area (Å²) in [6, 6.07) is 11.5. The van der Waals surface area contributed by atoms with E-state index in [-0.39, 0.29) is 5.91 Å². The van der Waals surface area contributed by atoms with E-state index in [9.17, 15) is 4.79 Å². The Hall–Kier alpha value is -2.57. The van der Waals surface area contributed by atoms with Crippen LogP contribution in [-0.2, 0) is 6.54 Å². The van der Waals surface area contributed by atoms with Crippen LogP contribution in [0.15, 0.2) is 36.4 Å². The fourth-order valence-corrected chi connectivity index (χ4v) is 3.43. The second kappa shape index (κ2) is 9.08. The minimum Gasteiger partial charge on any atom is -0.496 e. The Balaban J connectivity index is 1.71. The van der Waals surface area contributed by atoms with E-state index in [4.69, 9.17) is 9.47 Å². The highest BCUT2D eigenvalue weighted by Gasteiger charge is 2.16. The van der Waals surface area contributed by atoms with Crippen molar-refractivity contribution in [2.45, 2.75) is 13.5 Å². The van der Waals surface area contributed by atoms with Crippen LogP contribution < -0.4 is 14.8 Å². The summed E-state index contributed by atoms with van der Waals surface area (Å²) in [4.78, 5) is 17.5. The maximum Gasteiger partial charge on any atom is 0.255 e. The molecule has 150 valence electrons. The van der Waals surface area contributed by atoms with Gasteiger partial charge < -0.3 is 19.7 Å². The molecule has 0 spiro atoms. The fourth-order valence-electron chi connectivity index (χ4n) is 3.43. The molecule has 1 aliphatic heterocycles. The van der Waals surface area contributed by atoms with Crippen LogP contribution in [0.4, 0.5) is 5.69 Å². The largest absolute Gasteiger partial charge is 0.496 e. The number of anilines is 1. The van der Waals surface area contributed by atoms with Crippen molar-refractivity contribution >= 4 is 11.6 Å². The highest BCUT2D eigenvalue weighted by atomic mass is 16.5. The molecular weight excluding hydrogens is 354 g/mol. The van der Waals surface area contributed by atoms with Gasteiger partial charge in [0, 0.05) is 49.5 Å². The van der Waals surface area contributed by atoms with Gasteiger partial charge in [0.1, 0.15) is 11.5 Å². The second-order valence-corrected chi connectivity index (χ2v) is 7.24. The Morgan fingerprint density at radius 2 is 1.68 bits per heavy atom. The Bertz CT molecular complexity index is 805. The maximum atomic E-state index is 12.8. The molecule has 0 bridgehead atoms. The average molecular weight is 383 g/mol. The molecule has 0 radical (unpaired) electrons. The molecule has 0 unspecified atom stereocenters. The maximum absolute atomic E-state index is 12.8. The number of hydrogen-bond acceptors (Lipinski definition) is 5. The van der Waals surface area contributed by atoms with Crippen molar-refractivity contribution in [3.63, 3.8) is 0 Å². The molecule has 1 amide bonds. The molecular formula is C22H29N3O3. The number of benzene rings is 2. The third-order valence-electron chi connectivity index (χ3n) is 5.20. The van der Waals surface area contributed by atoms with Gasteiger partial charge >= 0.3 is 0 Å². The van der Waals surface area contributed by atoms with Crippen molar-refractivity contribution < 1.29 is 14.3 Å². The number of carbonyl (C=O) groups is 1. The highest BCUT2D eigenvalue weighted by molar-refractivity contribution is 6.05. The van der Waals surface area contributed by atoms with Crippen LogP contribution in [0.25, 0.3) is 0 Å². The number of rotatable bonds is 6. The minimum atomic E-state index is -0.187. The Kier molecular flexibility index (Phi) is 6.54. The average Bonchev–Trinajstić information content (AvgIpc) is 2.70. The number of nitrogens with one attached hydrogen (secondary N) is 1. The monoisotopic (exact) mass is 383 g/mol. The molecule has 1 aliphatic rings. The first kappa shape index (κ1) is 20.2. The molecule has 3 rings (SSSR count). The van der Waals surface area contributed by atoms with E-state index < -0.39 is 0 Å². The Morgan fingerprint density at radius 3 is 2.29 bits per heavy atom. The lowest BCUT2D eigenvalue weighted by atomic mass is 10.1. The van der Waals surface area contributed by atoms with Crippen LogP contribution >= 0.6 is 0 Å². The van der Waals surface area contributed by atoms with Crippen LogP contribution in [0.1, 0.15) is 21.5 Å². The zero-order chi connectivity index (χ0) is 20.1. The summed E-state index contributed by atoms with van der Waals surface area (Å²) in [5.74, 6) is 1.08. The number of ether oxygens (including phenoxy) is 2. The SMILES string of the molecule is COc1cc(C(=O)Nc2cccc(CN3CCN(C)CC3)c2)cc(OC)c1C. The summed E-state index contributed by atoms with van der Waals surface area (Å²) in [5.41, 5.74) is 3.36. The number of piperazine rings is 1. The summed E-state index contributed by atoms with van der Waals surface area (Å²) < 4.78 is 10.7. The van der Waals surface area contributed by atoms with Crippen molar-refractivity contribution in [3.05, 3.63) is 53.1 Å². The van der Waals surface area contributed by atoms with Crippen LogP contribution in [0, 0.1) is 6.92 Å². The molecule has 6 nitrogen and oxygen atoms in total. The first-order valence-corrected chi connectivity index (χ1v) is 9.54. The van der Waals surface area contributed by atoms with Gasteiger partial charge in [-0.2, -0.15) is 0 Å². The number of likely N-dealkylation sites (N-methyl/N-ethyl adjacent to an activating group) is 1. The lowest BCUT2D eigenvalue weighted by molar-refractivity contribution is 0.102. The lowest BCUT2D eigenvalue weighted by Gasteiger charge is -2.32. The van der Waals surface area contributed by atoms with Gasteiger partial charge in [-0.25, -0.2) is 0 Å². The van der Waals surface area contributed by atoms with Crippen LogP contribution in [0.5, 0.6) is 11.5 Å². The van der Waals surface area contributed by atoms with Gasteiger partial charge in [0.2, 0.25) is 0 Å². The van der Waals surface area contributed by atoms with Crippen molar-refractivity contribution in [2.24, 2.45) is 0 Å². The molecule has 0 saturated carbocycles. The Morgan fingerprint density at radius 1 is 1.04 bits per heavy atom. The van der Waals surface area contributed by atoms with E-state index in [0.717, 1.165) is 44.0 Å². The number of methoxy groups -OCH3 is 2. The highest BCUT2D eigenvalue weighted by Crippen LogP contribution is 2.29. The van der Waals surface area contributed by atoms with Gasteiger partial charge in [0.15, 0.2) is 0 Å². The van der Waals surface area contributed by atoms with Gasteiger partial charge in [-0.05, 0) is 43.8 Å². The first-order valence-electron chi connectivity index (χ1n) is 9.54. The smallest absolute Gasteiger partial charge is 0.255 e. The number of hydrogen-bond donors (Lipinski definition) is 1. The van der Waals surface area contributed by atoms with Crippen LogP contribution in [-0.4, -0.2) is 63.2 Å². The zero-order valence-electron chi connectivity index (χ0n) is 17.1. The molecule has 6 heteroatoms. The van der Waals surface area contributed by atoms with E-state index in [2.05, 4.69) is 28.2 Å². The molecule has 28 heavy (non-hydrogen) atoms. The molecule has 1 N–H and O–H groups in total. The summed E-state index contributed by atoms with van der Waals surface area (Å²) in [6.07, 6.45) is 0. The predicted molar refractivity (Wildman–Crippen MR) is 111 cm³/mol. The molecule has 1 saturated heterocycles. The molecule has 0 aromatic heterocycles. The van der Waals surface area contributed by atoms with Crippen molar-refractivity contribution in [2.75, 3.05) is 52.8 Å². The summed E-state index contributed by atoms with van der Waals surface area (Å²) >= 11 is 0. The molecule has 0 aliphatic carbocycles. The minimum absolute atomic E-state index is 0.187. The van der Waals surface area contributed by atoms with Crippen molar-refractivity contribution in [3.8, 4) is 11.5 Å². The number of amides is 1. The zero-order valence-corrected chi connectivity index (χ0v) is 17.1. The third kappa shape index (κ3) is 4.82. The molecule has 0 atom stereocenters. The summed E-state index contributed by atoms with van der Waals surface area (Å²) in [5, 5.41) is 2.99. The quantitative estimate of drug-likeness (QED) is 0.831. The molecule has 1 fully saturated rings. The topological polar surface area (TPSA) is 54.0 Å². The molecule has 2 aromatic rings. The van der Waals surface area contributed by atoms with Gasteiger partial charge in [0.25, 0.3) is 5.91 Å². The molecule has 1 heterocycles. The second-order valence-electron chi connectivity index (χ2n) is 7.24. The predicted octanol–water partition coefficient (Wildman–Crippen LogP) is 3.01. The number of nitrogens with zero attached hydrogens (tertiary/aromatic N) is 2. The lowest BCUT2D eigenvalue weighted by Crippen LogP contribution is -2.43.